The minimum absolute atomic E-state index is 0.0965. The van der Waals surface area contributed by atoms with Crippen LogP contribution in [0.4, 0.5) is 0 Å². The predicted molar refractivity (Wildman–Crippen MR) is 91.0 cm³/mol. The van der Waals surface area contributed by atoms with Gasteiger partial charge in [0.05, 0.1) is 7.11 Å². The number of likely N-dealkylation sites (N-methyl/N-ethyl adjacent to an activating group) is 1. The number of benzene rings is 2. The third-order valence-corrected chi connectivity index (χ3v) is 3.65. The summed E-state index contributed by atoms with van der Waals surface area (Å²) in [6, 6.07) is 14.6. The monoisotopic (exact) mass is 333 g/mol. The molecule has 0 spiro atoms. The van der Waals surface area contributed by atoms with Crippen LogP contribution < -0.4 is 9.47 Å². The van der Waals surface area contributed by atoms with E-state index in [1.54, 1.807) is 50.2 Å². The minimum atomic E-state index is -0.586. The zero-order chi connectivity index (χ0) is 16.8. The molecule has 0 saturated heterocycles. The number of amides is 1. The van der Waals surface area contributed by atoms with Crippen molar-refractivity contribution in [2.75, 3.05) is 14.2 Å². The summed E-state index contributed by atoms with van der Waals surface area (Å²) in [4.78, 5) is 14.0. The molecule has 23 heavy (non-hydrogen) atoms. The van der Waals surface area contributed by atoms with Gasteiger partial charge in [0.25, 0.3) is 5.91 Å². The van der Waals surface area contributed by atoms with Gasteiger partial charge in [0.15, 0.2) is 6.10 Å². The topological polar surface area (TPSA) is 38.8 Å². The van der Waals surface area contributed by atoms with E-state index in [4.69, 9.17) is 21.1 Å². The number of methoxy groups -OCH3 is 1. The molecule has 1 atom stereocenters. The Labute approximate surface area is 141 Å². The van der Waals surface area contributed by atoms with E-state index in [2.05, 4.69) is 0 Å². The van der Waals surface area contributed by atoms with Gasteiger partial charge >= 0.3 is 0 Å². The third-order valence-electron chi connectivity index (χ3n) is 3.41. The van der Waals surface area contributed by atoms with Crippen LogP contribution in [0.15, 0.2) is 48.5 Å². The minimum Gasteiger partial charge on any atom is -0.497 e. The number of rotatable bonds is 6. The molecule has 1 amide bonds. The molecule has 4 nitrogen and oxygen atoms in total. The summed E-state index contributed by atoms with van der Waals surface area (Å²) < 4.78 is 10.8. The van der Waals surface area contributed by atoms with Crippen molar-refractivity contribution in [3.05, 3.63) is 59.1 Å². The predicted octanol–water partition coefficient (Wildman–Crippen LogP) is 3.77. The molecule has 0 aliphatic rings. The van der Waals surface area contributed by atoms with Gasteiger partial charge < -0.3 is 14.4 Å². The Morgan fingerprint density at radius 2 is 1.87 bits per heavy atom. The van der Waals surface area contributed by atoms with Crippen LogP contribution in [-0.2, 0) is 11.3 Å². The molecule has 0 fully saturated rings. The van der Waals surface area contributed by atoms with Crippen molar-refractivity contribution in [3.63, 3.8) is 0 Å². The number of nitrogens with zero attached hydrogens (tertiary/aromatic N) is 1. The summed E-state index contributed by atoms with van der Waals surface area (Å²) in [6.07, 6.45) is -0.586. The Morgan fingerprint density at radius 1 is 1.17 bits per heavy atom. The van der Waals surface area contributed by atoms with Crippen LogP contribution in [0.5, 0.6) is 11.5 Å². The number of carbonyl (C=O) groups is 1. The van der Waals surface area contributed by atoms with E-state index in [0.717, 1.165) is 11.3 Å². The Bertz CT molecular complexity index is 658. The molecule has 0 radical (unpaired) electrons. The van der Waals surface area contributed by atoms with Crippen molar-refractivity contribution in [2.45, 2.75) is 19.6 Å². The molecule has 5 heteroatoms. The van der Waals surface area contributed by atoms with E-state index >= 15 is 0 Å². The van der Waals surface area contributed by atoms with Gasteiger partial charge in [-0.1, -0.05) is 29.8 Å². The Kier molecular flexibility index (Phi) is 5.88. The second kappa shape index (κ2) is 7.88. The average Bonchev–Trinajstić information content (AvgIpc) is 2.54. The van der Waals surface area contributed by atoms with Crippen molar-refractivity contribution >= 4 is 17.5 Å². The molecule has 0 aromatic heterocycles. The summed E-state index contributed by atoms with van der Waals surface area (Å²) in [5.74, 6) is 1.28. The van der Waals surface area contributed by atoms with Gasteiger partial charge in [0.1, 0.15) is 11.5 Å². The van der Waals surface area contributed by atoms with Crippen molar-refractivity contribution < 1.29 is 14.3 Å². The molecular weight excluding hydrogens is 314 g/mol. The quantitative estimate of drug-likeness (QED) is 0.807. The number of hydrogen-bond donors (Lipinski definition) is 0. The smallest absolute Gasteiger partial charge is 0.263 e. The molecule has 0 heterocycles. The summed E-state index contributed by atoms with van der Waals surface area (Å²) in [5.41, 5.74) is 1.02. The standard InChI is InChI=1S/C18H20ClNO3/c1-13(23-17-6-4-5-15(19)11-17)18(21)20(2)12-14-7-9-16(22-3)10-8-14/h4-11,13H,12H2,1-3H3/t13-/m1/s1. The van der Waals surface area contributed by atoms with Crippen LogP contribution in [0.1, 0.15) is 12.5 Å². The van der Waals surface area contributed by atoms with Gasteiger partial charge in [-0.3, -0.25) is 4.79 Å². The summed E-state index contributed by atoms with van der Waals surface area (Å²) in [7, 11) is 3.38. The highest BCUT2D eigenvalue weighted by Gasteiger charge is 2.19. The van der Waals surface area contributed by atoms with E-state index in [0.29, 0.717) is 17.3 Å². The lowest BCUT2D eigenvalue weighted by Crippen LogP contribution is -2.37. The highest BCUT2D eigenvalue weighted by atomic mass is 35.5. The van der Waals surface area contributed by atoms with Gasteiger partial charge in [0.2, 0.25) is 0 Å². The maximum atomic E-state index is 12.4. The van der Waals surface area contributed by atoms with Crippen molar-refractivity contribution in [1.29, 1.82) is 0 Å². The maximum absolute atomic E-state index is 12.4. The Morgan fingerprint density at radius 3 is 2.48 bits per heavy atom. The molecule has 2 rings (SSSR count). The lowest BCUT2D eigenvalue weighted by Gasteiger charge is -2.22. The van der Waals surface area contributed by atoms with Crippen LogP contribution in [0.3, 0.4) is 0 Å². The van der Waals surface area contributed by atoms with E-state index in [1.165, 1.54) is 0 Å². The lowest BCUT2D eigenvalue weighted by atomic mass is 10.2. The fraction of sp³-hybridized carbons (Fsp3) is 0.278. The lowest BCUT2D eigenvalue weighted by molar-refractivity contribution is -0.137. The Hall–Kier alpha value is -2.20. The average molecular weight is 334 g/mol. The van der Waals surface area contributed by atoms with Crippen molar-refractivity contribution in [1.82, 2.24) is 4.90 Å². The first kappa shape index (κ1) is 17.2. The molecule has 0 bridgehead atoms. The van der Waals surface area contributed by atoms with Gasteiger partial charge in [-0.2, -0.15) is 0 Å². The fourth-order valence-corrected chi connectivity index (χ4v) is 2.37. The summed E-state index contributed by atoms with van der Waals surface area (Å²) in [5, 5.41) is 0.578. The first-order chi connectivity index (χ1) is 11.0. The number of carbonyl (C=O) groups excluding carboxylic acids is 1. The molecular formula is C18H20ClNO3. The second-order valence-corrected chi connectivity index (χ2v) is 5.70. The van der Waals surface area contributed by atoms with Crippen LogP contribution in [0, 0.1) is 0 Å². The SMILES string of the molecule is COc1ccc(CN(C)C(=O)[C@@H](C)Oc2cccc(Cl)c2)cc1. The molecule has 2 aromatic carbocycles. The number of ether oxygens (including phenoxy) is 2. The van der Waals surface area contributed by atoms with Gasteiger partial charge in [0, 0.05) is 18.6 Å². The van der Waals surface area contributed by atoms with Crippen LogP contribution >= 0.6 is 11.6 Å². The first-order valence-electron chi connectivity index (χ1n) is 7.29. The zero-order valence-corrected chi connectivity index (χ0v) is 14.2. The largest absolute Gasteiger partial charge is 0.497 e. The van der Waals surface area contributed by atoms with Crippen molar-refractivity contribution in [2.24, 2.45) is 0 Å². The Balaban J connectivity index is 1.95. The van der Waals surface area contributed by atoms with Gasteiger partial charge in [-0.25, -0.2) is 0 Å². The molecule has 0 aliphatic carbocycles. The maximum Gasteiger partial charge on any atom is 0.263 e. The van der Waals surface area contributed by atoms with E-state index < -0.39 is 6.10 Å². The highest BCUT2D eigenvalue weighted by Crippen LogP contribution is 2.19. The summed E-state index contributed by atoms with van der Waals surface area (Å²) in [6.45, 7) is 2.24. The highest BCUT2D eigenvalue weighted by molar-refractivity contribution is 6.30. The zero-order valence-electron chi connectivity index (χ0n) is 13.5. The van der Waals surface area contributed by atoms with Crippen LogP contribution in [-0.4, -0.2) is 31.1 Å². The van der Waals surface area contributed by atoms with Crippen molar-refractivity contribution in [3.8, 4) is 11.5 Å². The van der Waals surface area contributed by atoms with E-state index in [-0.39, 0.29) is 5.91 Å². The molecule has 122 valence electrons. The van der Waals surface area contributed by atoms with E-state index in [1.807, 2.05) is 24.3 Å². The second-order valence-electron chi connectivity index (χ2n) is 5.26. The molecule has 2 aromatic rings. The molecule has 0 unspecified atom stereocenters. The normalized spacial score (nSPS) is 11.7. The van der Waals surface area contributed by atoms with E-state index in [9.17, 15) is 4.79 Å². The molecule has 0 saturated carbocycles. The first-order valence-corrected chi connectivity index (χ1v) is 7.67. The van der Waals surface area contributed by atoms with Gasteiger partial charge in [-0.15, -0.1) is 0 Å². The summed E-state index contributed by atoms with van der Waals surface area (Å²) >= 11 is 5.92. The fourth-order valence-electron chi connectivity index (χ4n) is 2.19. The van der Waals surface area contributed by atoms with Crippen LogP contribution in [0.25, 0.3) is 0 Å². The molecule has 0 N–H and O–H groups in total. The van der Waals surface area contributed by atoms with Crippen LogP contribution in [0.2, 0.25) is 5.02 Å². The third kappa shape index (κ3) is 4.89. The number of halogens is 1. The number of hydrogen-bond acceptors (Lipinski definition) is 3. The molecule has 0 aliphatic heterocycles. The van der Waals surface area contributed by atoms with Gasteiger partial charge in [-0.05, 0) is 42.8 Å².